The van der Waals surface area contributed by atoms with Crippen molar-refractivity contribution in [1.82, 2.24) is 10.3 Å². The molecular weight excluding hydrogens is 360 g/mol. The molecule has 27 heavy (non-hydrogen) atoms. The molecule has 138 valence electrons. The van der Waals surface area contributed by atoms with Crippen LogP contribution in [-0.4, -0.2) is 30.1 Å². The first-order chi connectivity index (χ1) is 13.3. The van der Waals surface area contributed by atoms with E-state index in [1.54, 1.807) is 11.3 Å². The summed E-state index contributed by atoms with van der Waals surface area (Å²) in [5.41, 5.74) is 1.96. The van der Waals surface area contributed by atoms with Crippen LogP contribution in [0.1, 0.15) is 29.3 Å². The average Bonchev–Trinajstić information content (AvgIpc) is 3.12. The van der Waals surface area contributed by atoms with E-state index in [0.717, 1.165) is 52.5 Å². The number of thiazole rings is 1. The first-order valence-corrected chi connectivity index (χ1v) is 10.2. The number of hydrogen-bond acceptors (Lipinski definition) is 6. The standard InChI is InChI=1S/C21H20N2O3S/c24-21-16(20-23-17-3-1-2-4-19(17)27-20)11-13-5-6-15(12-18(13)26-21)25-14-7-9-22-10-8-14/h1-6,12,14,16,22H,7-11H2. The van der Waals surface area contributed by atoms with Gasteiger partial charge in [0, 0.05) is 6.07 Å². The highest BCUT2D eigenvalue weighted by Crippen LogP contribution is 2.38. The molecule has 1 aromatic heterocycles. The fourth-order valence-electron chi connectivity index (χ4n) is 3.69. The smallest absolute Gasteiger partial charge is 0.321 e. The summed E-state index contributed by atoms with van der Waals surface area (Å²) >= 11 is 1.57. The third-order valence-electron chi connectivity index (χ3n) is 5.16. The SMILES string of the molecule is O=C1Oc2cc(OC3CCNCC3)ccc2CC1c1nc2ccccc2s1. The van der Waals surface area contributed by atoms with Crippen LogP contribution in [0.2, 0.25) is 0 Å². The second kappa shape index (κ2) is 6.94. The minimum atomic E-state index is -0.342. The van der Waals surface area contributed by atoms with Crippen LogP contribution in [0.4, 0.5) is 0 Å². The van der Waals surface area contributed by atoms with E-state index in [2.05, 4.69) is 10.3 Å². The molecule has 3 aromatic rings. The second-order valence-corrected chi connectivity index (χ2v) is 8.10. The van der Waals surface area contributed by atoms with E-state index in [0.29, 0.717) is 12.2 Å². The number of carbonyl (C=O) groups excluding carboxylic acids is 1. The molecule has 2 aliphatic heterocycles. The van der Waals surface area contributed by atoms with Crippen molar-refractivity contribution in [2.45, 2.75) is 31.3 Å². The molecular formula is C21H20N2O3S. The number of nitrogens with zero attached hydrogens (tertiary/aromatic N) is 1. The van der Waals surface area contributed by atoms with E-state index in [4.69, 9.17) is 9.47 Å². The Morgan fingerprint density at radius 3 is 2.85 bits per heavy atom. The Morgan fingerprint density at radius 2 is 2.00 bits per heavy atom. The summed E-state index contributed by atoms with van der Waals surface area (Å²) in [4.78, 5) is 17.3. The van der Waals surface area contributed by atoms with Crippen molar-refractivity contribution in [3.8, 4) is 11.5 Å². The molecule has 5 nitrogen and oxygen atoms in total. The van der Waals surface area contributed by atoms with Gasteiger partial charge in [-0.1, -0.05) is 18.2 Å². The topological polar surface area (TPSA) is 60.5 Å². The Balaban J connectivity index is 1.37. The number of ether oxygens (including phenoxy) is 2. The number of hydrogen-bond donors (Lipinski definition) is 1. The number of esters is 1. The first-order valence-electron chi connectivity index (χ1n) is 9.34. The highest BCUT2D eigenvalue weighted by Gasteiger charge is 2.32. The number of piperidine rings is 1. The minimum absolute atomic E-state index is 0.221. The number of nitrogens with one attached hydrogen (secondary N) is 1. The molecule has 1 saturated heterocycles. The number of carbonyl (C=O) groups is 1. The van der Waals surface area contributed by atoms with Gasteiger partial charge in [-0.25, -0.2) is 4.98 Å². The highest BCUT2D eigenvalue weighted by atomic mass is 32.1. The quantitative estimate of drug-likeness (QED) is 0.555. The van der Waals surface area contributed by atoms with Crippen molar-refractivity contribution in [2.24, 2.45) is 0 Å². The Hall–Kier alpha value is -2.44. The zero-order valence-corrected chi connectivity index (χ0v) is 15.6. The van der Waals surface area contributed by atoms with E-state index in [-0.39, 0.29) is 18.0 Å². The molecule has 0 bridgehead atoms. The van der Waals surface area contributed by atoms with Gasteiger partial charge in [0.25, 0.3) is 0 Å². The highest BCUT2D eigenvalue weighted by molar-refractivity contribution is 7.18. The second-order valence-electron chi connectivity index (χ2n) is 7.03. The predicted octanol–water partition coefficient (Wildman–Crippen LogP) is 3.67. The summed E-state index contributed by atoms with van der Waals surface area (Å²) in [7, 11) is 0. The zero-order chi connectivity index (χ0) is 18.2. The lowest BCUT2D eigenvalue weighted by molar-refractivity contribution is -0.137. The molecule has 5 rings (SSSR count). The number of fused-ring (bicyclic) bond motifs is 2. The van der Waals surface area contributed by atoms with Crippen LogP contribution in [-0.2, 0) is 11.2 Å². The van der Waals surface area contributed by atoms with Gasteiger partial charge in [-0.3, -0.25) is 4.79 Å². The molecule has 1 unspecified atom stereocenters. The summed E-state index contributed by atoms with van der Waals surface area (Å²) in [6.45, 7) is 1.96. The maximum absolute atomic E-state index is 12.6. The lowest BCUT2D eigenvalue weighted by atomic mass is 9.96. The fourth-order valence-corrected chi connectivity index (χ4v) is 4.74. The molecule has 2 aromatic carbocycles. The van der Waals surface area contributed by atoms with Crippen LogP contribution >= 0.6 is 11.3 Å². The van der Waals surface area contributed by atoms with Gasteiger partial charge in [-0.2, -0.15) is 0 Å². The van der Waals surface area contributed by atoms with E-state index in [1.165, 1.54) is 0 Å². The van der Waals surface area contributed by atoms with Crippen LogP contribution in [0.25, 0.3) is 10.2 Å². The molecule has 2 aliphatic rings. The number of benzene rings is 2. The van der Waals surface area contributed by atoms with Crippen molar-refractivity contribution in [1.29, 1.82) is 0 Å². The van der Waals surface area contributed by atoms with Crippen molar-refractivity contribution < 1.29 is 14.3 Å². The summed E-state index contributed by atoms with van der Waals surface area (Å²) < 4.78 is 12.8. The van der Waals surface area contributed by atoms with Crippen LogP contribution in [0.5, 0.6) is 11.5 Å². The largest absolute Gasteiger partial charge is 0.490 e. The summed E-state index contributed by atoms with van der Waals surface area (Å²) in [6, 6.07) is 13.8. The van der Waals surface area contributed by atoms with Crippen molar-refractivity contribution in [3.63, 3.8) is 0 Å². The third-order valence-corrected chi connectivity index (χ3v) is 6.31. The van der Waals surface area contributed by atoms with Gasteiger partial charge in [0.05, 0.1) is 10.2 Å². The molecule has 0 radical (unpaired) electrons. The van der Waals surface area contributed by atoms with Crippen LogP contribution < -0.4 is 14.8 Å². The Kier molecular flexibility index (Phi) is 4.30. The molecule has 3 heterocycles. The Labute approximate surface area is 161 Å². The molecule has 0 saturated carbocycles. The van der Waals surface area contributed by atoms with Crippen molar-refractivity contribution in [2.75, 3.05) is 13.1 Å². The lowest BCUT2D eigenvalue weighted by Crippen LogP contribution is -2.34. The normalized spacial score (nSPS) is 20.3. The van der Waals surface area contributed by atoms with E-state index in [9.17, 15) is 4.79 Å². The van der Waals surface area contributed by atoms with E-state index in [1.807, 2.05) is 42.5 Å². The fraction of sp³-hybridized carbons (Fsp3) is 0.333. The number of para-hydroxylation sites is 1. The maximum Gasteiger partial charge on any atom is 0.321 e. The third kappa shape index (κ3) is 3.31. The van der Waals surface area contributed by atoms with Gasteiger partial charge in [-0.15, -0.1) is 11.3 Å². The number of rotatable bonds is 3. The van der Waals surface area contributed by atoms with E-state index < -0.39 is 0 Å². The van der Waals surface area contributed by atoms with Gasteiger partial charge in [0.1, 0.15) is 28.5 Å². The van der Waals surface area contributed by atoms with Gasteiger partial charge in [-0.05, 0) is 56.1 Å². The Bertz CT molecular complexity index is 961. The molecule has 1 N–H and O–H groups in total. The van der Waals surface area contributed by atoms with Crippen molar-refractivity contribution >= 4 is 27.5 Å². The van der Waals surface area contributed by atoms with Gasteiger partial charge in [0.2, 0.25) is 0 Å². The summed E-state index contributed by atoms with van der Waals surface area (Å²) in [5, 5.41) is 4.15. The van der Waals surface area contributed by atoms with Gasteiger partial charge >= 0.3 is 5.97 Å². The van der Waals surface area contributed by atoms with Gasteiger partial charge < -0.3 is 14.8 Å². The van der Waals surface area contributed by atoms with Crippen LogP contribution in [0.3, 0.4) is 0 Å². The predicted molar refractivity (Wildman–Crippen MR) is 105 cm³/mol. The first kappa shape index (κ1) is 16.7. The molecule has 0 spiro atoms. The summed E-state index contributed by atoms with van der Waals surface area (Å²) in [5.74, 6) is 0.808. The molecule has 1 fully saturated rings. The Morgan fingerprint density at radius 1 is 1.15 bits per heavy atom. The van der Waals surface area contributed by atoms with Crippen LogP contribution in [0.15, 0.2) is 42.5 Å². The van der Waals surface area contributed by atoms with E-state index >= 15 is 0 Å². The molecule has 0 amide bonds. The molecule has 1 atom stereocenters. The summed E-state index contributed by atoms with van der Waals surface area (Å²) in [6.07, 6.45) is 2.83. The maximum atomic E-state index is 12.6. The lowest BCUT2D eigenvalue weighted by Gasteiger charge is -2.26. The van der Waals surface area contributed by atoms with Crippen molar-refractivity contribution in [3.05, 3.63) is 53.0 Å². The molecule has 6 heteroatoms. The minimum Gasteiger partial charge on any atom is -0.490 e. The van der Waals surface area contributed by atoms with Gasteiger partial charge in [0.15, 0.2) is 0 Å². The molecule has 0 aliphatic carbocycles. The average molecular weight is 380 g/mol. The number of aromatic nitrogens is 1. The monoisotopic (exact) mass is 380 g/mol. The van der Waals surface area contributed by atoms with Crippen LogP contribution in [0, 0.1) is 0 Å². The zero-order valence-electron chi connectivity index (χ0n) is 14.8.